The Kier molecular flexibility index (Phi) is 5.83. The number of hydrogen-bond acceptors (Lipinski definition) is 4. The third kappa shape index (κ3) is 3.65. The zero-order valence-electron chi connectivity index (χ0n) is 16.8. The maximum Gasteiger partial charge on any atom is 0.278 e. The van der Waals surface area contributed by atoms with Gasteiger partial charge in [0.15, 0.2) is 0 Å². The smallest absolute Gasteiger partial charge is 0.278 e. The van der Waals surface area contributed by atoms with Crippen molar-refractivity contribution in [2.24, 2.45) is 0 Å². The van der Waals surface area contributed by atoms with Crippen LogP contribution in [0.4, 0.5) is 5.69 Å². The van der Waals surface area contributed by atoms with Crippen molar-refractivity contribution in [1.29, 1.82) is 0 Å². The molecule has 0 aromatic heterocycles. The molecule has 0 bridgehead atoms. The van der Waals surface area contributed by atoms with Gasteiger partial charge in [0.05, 0.1) is 17.9 Å². The van der Waals surface area contributed by atoms with Gasteiger partial charge in [-0.25, -0.2) is 0 Å². The molecule has 0 fully saturated rings. The number of anilines is 1. The summed E-state index contributed by atoms with van der Waals surface area (Å²) in [7, 11) is 0. The second-order valence-corrected chi connectivity index (χ2v) is 6.88. The van der Waals surface area contributed by atoms with Gasteiger partial charge in [-0.1, -0.05) is 42.8 Å². The predicted molar refractivity (Wildman–Crippen MR) is 111 cm³/mol. The van der Waals surface area contributed by atoms with E-state index in [0.717, 1.165) is 16.7 Å². The van der Waals surface area contributed by atoms with Crippen LogP contribution in [-0.2, 0) is 9.59 Å². The minimum Gasteiger partial charge on any atom is -0.492 e. The van der Waals surface area contributed by atoms with Crippen molar-refractivity contribution >= 4 is 23.1 Å². The van der Waals surface area contributed by atoms with Crippen LogP contribution in [-0.4, -0.2) is 29.9 Å². The Bertz CT molecular complexity index is 947. The van der Waals surface area contributed by atoms with Crippen LogP contribution in [0.5, 0.6) is 5.75 Å². The molecule has 0 unspecified atom stereocenters. The Hall–Kier alpha value is -3.08. The van der Waals surface area contributed by atoms with E-state index in [1.165, 1.54) is 4.90 Å². The van der Waals surface area contributed by atoms with Crippen LogP contribution in [0.2, 0.25) is 0 Å². The molecule has 2 aromatic rings. The summed E-state index contributed by atoms with van der Waals surface area (Å²) < 4.78 is 5.67. The first-order chi connectivity index (χ1) is 13.5. The van der Waals surface area contributed by atoms with Crippen LogP contribution in [0, 0.1) is 13.8 Å². The van der Waals surface area contributed by atoms with E-state index < -0.39 is 0 Å². The van der Waals surface area contributed by atoms with Crippen molar-refractivity contribution in [3.8, 4) is 5.75 Å². The summed E-state index contributed by atoms with van der Waals surface area (Å²) in [6.07, 6.45) is 0.709. The van der Waals surface area contributed by atoms with Crippen LogP contribution in [0.1, 0.15) is 37.0 Å². The molecule has 2 amide bonds. The van der Waals surface area contributed by atoms with Gasteiger partial charge >= 0.3 is 0 Å². The molecule has 0 spiro atoms. The van der Waals surface area contributed by atoms with Gasteiger partial charge in [-0.05, 0) is 50.5 Å². The van der Waals surface area contributed by atoms with Crippen molar-refractivity contribution in [3.05, 3.63) is 64.9 Å². The lowest BCUT2D eigenvalue weighted by molar-refractivity contribution is -0.136. The lowest BCUT2D eigenvalue weighted by Gasteiger charge is -2.15. The molecule has 1 aliphatic rings. The normalized spacial score (nSPS) is 14.1. The molecule has 0 aliphatic carbocycles. The molecule has 1 aliphatic heterocycles. The highest BCUT2D eigenvalue weighted by atomic mass is 16.5. The number of ether oxygens (including phenoxy) is 1. The Morgan fingerprint density at radius 3 is 2.43 bits per heavy atom. The zero-order chi connectivity index (χ0) is 20.3. The van der Waals surface area contributed by atoms with Crippen molar-refractivity contribution < 1.29 is 14.3 Å². The molecule has 146 valence electrons. The number of carbonyl (C=O) groups excluding carboxylic acids is 2. The molecule has 0 atom stereocenters. The summed E-state index contributed by atoms with van der Waals surface area (Å²) >= 11 is 0. The van der Waals surface area contributed by atoms with Gasteiger partial charge in [0.25, 0.3) is 11.8 Å². The van der Waals surface area contributed by atoms with Gasteiger partial charge in [0, 0.05) is 6.54 Å². The van der Waals surface area contributed by atoms with Gasteiger partial charge in [0.2, 0.25) is 0 Å². The highest BCUT2D eigenvalue weighted by Gasteiger charge is 2.39. The molecule has 0 radical (unpaired) electrons. The van der Waals surface area contributed by atoms with Gasteiger partial charge in [-0.3, -0.25) is 14.5 Å². The molecular weight excluding hydrogens is 352 g/mol. The molecule has 0 saturated carbocycles. The molecule has 1 N–H and O–H groups in total. The number of aryl methyl sites for hydroxylation is 2. The fourth-order valence-electron chi connectivity index (χ4n) is 3.45. The molecule has 2 aromatic carbocycles. The predicted octanol–water partition coefficient (Wildman–Crippen LogP) is 4.30. The summed E-state index contributed by atoms with van der Waals surface area (Å²) in [5.74, 6) is 0.0926. The van der Waals surface area contributed by atoms with E-state index in [4.69, 9.17) is 4.74 Å². The van der Waals surface area contributed by atoms with Crippen molar-refractivity contribution in [2.45, 2.75) is 34.1 Å². The quantitative estimate of drug-likeness (QED) is 0.730. The second kappa shape index (κ2) is 8.30. The first-order valence-electron chi connectivity index (χ1n) is 9.64. The Labute approximate surface area is 166 Å². The van der Waals surface area contributed by atoms with Crippen LogP contribution in [0.15, 0.2) is 48.2 Å². The zero-order valence-corrected chi connectivity index (χ0v) is 16.8. The molecule has 5 nitrogen and oxygen atoms in total. The maximum absolute atomic E-state index is 13.1. The monoisotopic (exact) mass is 378 g/mol. The van der Waals surface area contributed by atoms with Crippen molar-refractivity contribution in [1.82, 2.24) is 4.90 Å². The van der Waals surface area contributed by atoms with E-state index in [0.29, 0.717) is 42.3 Å². The lowest BCUT2D eigenvalue weighted by atomic mass is 9.97. The number of hydrogen-bond donors (Lipinski definition) is 1. The Balaban J connectivity index is 2.12. The molecular formula is C23H26N2O3. The third-order valence-electron chi connectivity index (χ3n) is 4.71. The Morgan fingerprint density at radius 2 is 1.75 bits per heavy atom. The van der Waals surface area contributed by atoms with E-state index in [-0.39, 0.29) is 11.8 Å². The molecule has 28 heavy (non-hydrogen) atoms. The number of rotatable bonds is 7. The largest absolute Gasteiger partial charge is 0.492 e. The Morgan fingerprint density at radius 1 is 1.00 bits per heavy atom. The second-order valence-electron chi connectivity index (χ2n) is 6.88. The fraction of sp³-hybridized carbons (Fsp3) is 0.304. The van der Waals surface area contributed by atoms with E-state index in [9.17, 15) is 9.59 Å². The number of benzene rings is 2. The van der Waals surface area contributed by atoms with Crippen molar-refractivity contribution in [3.63, 3.8) is 0 Å². The third-order valence-corrected chi connectivity index (χ3v) is 4.71. The summed E-state index contributed by atoms with van der Waals surface area (Å²) in [5, 5.41) is 3.20. The lowest BCUT2D eigenvalue weighted by Crippen LogP contribution is -2.33. The molecule has 0 saturated heterocycles. The summed E-state index contributed by atoms with van der Waals surface area (Å²) in [4.78, 5) is 27.5. The number of nitrogens with one attached hydrogen (secondary N) is 1. The number of nitrogens with zero attached hydrogens (tertiary/aromatic N) is 1. The average molecular weight is 378 g/mol. The topological polar surface area (TPSA) is 58.6 Å². The summed E-state index contributed by atoms with van der Waals surface area (Å²) in [6.45, 7) is 8.73. The summed E-state index contributed by atoms with van der Waals surface area (Å²) in [5.41, 5.74) is 4.24. The fourth-order valence-corrected chi connectivity index (χ4v) is 3.45. The minimum absolute atomic E-state index is 0.254. The number of carbonyl (C=O) groups is 2. The van der Waals surface area contributed by atoms with E-state index >= 15 is 0 Å². The van der Waals surface area contributed by atoms with Crippen LogP contribution in [0.25, 0.3) is 5.57 Å². The van der Waals surface area contributed by atoms with E-state index in [2.05, 4.69) is 5.32 Å². The molecule has 1 heterocycles. The average Bonchev–Trinajstić information content (AvgIpc) is 2.89. The summed E-state index contributed by atoms with van der Waals surface area (Å²) in [6, 6.07) is 13.3. The van der Waals surface area contributed by atoms with E-state index in [1.807, 2.05) is 70.2 Å². The molecule has 5 heteroatoms. The van der Waals surface area contributed by atoms with Crippen molar-refractivity contribution in [2.75, 3.05) is 18.5 Å². The van der Waals surface area contributed by atoms with Gasteiger partial charge < -0.3 is 10.1 Å². The van der Waals surface area contributed by atoms with Gasteiger partial charge in [0.1, 0.15) is 11.4 Å². The van der Waals surface area contributed by atoms with E-state index in [1.54, 1.807) is 0 Å². The van der Waals surface area contributed by atoms with Crippen LogP contribution in [0.3, 0.4) is 0 Å². The highest BCUT2D eigenvalue weighted by Crippen LogP contribution is 2.34. The molecule has 3 rings (SSSR count). The first kappa shape index (κ1) is 19.7. The number of para-hydroxylation sites is 2. The van der Waals surface area contributed by atoms with Gasteiger partial charge in [-0.2, -0.15) is 0 Å². The number of amides is 2. The SMILES string of the molecule is CCCN1C(=O)C(Nc2ccccc2OCC)=C(c2ccc(C)cc2C)C1=O. The standard InChI is InChI=1S/C23H26N2O3/c1-5-13-25-22(26)20(17-12-11-15(3)14-16(17)4)21(23(25)27)24-18-9-7-8-10-19(18)28-6-2/h7-12,14,24H,5-6,13H2,1-4H3. The van der Waals surface area contributed by atoms with Gasteiger partial charge in [-0.15, -0.1) is 0 Å². The highest BCUT2D eigenvalue weighted by molar-refractivity contribution is 6.36. The first-order valence-corrected chi connectivity index (χ1v) is 9.64. The maximum atomic E-state index is 13.1. The van der Waals surface area contributed by atoms with Crippen LogP contribution < -0.4 is 10.1 Å². The number of imide groups is 1. The van der Waals surface area contributed by atoms with Crippen LogP contribution >= 0.6 is 0 Å². The minimum atomic E-state index is -0.298.